The van der Waals surface area contributed by atoms with E-state index in [0.717, 1.165) is 0 Å². The van der Waals surface area contributed by atoms with Crippen LogP contribution >= 0.6 is 23.2 Å². The molecule has 6 nitrogen and oxygen atoms in total. The molecule has 0 aliphatic heterocycles. The smallest absolute Gasteiger partial charge is 0.256 e. The lowest BCUT2D eigenvalue weighted by atomic mass is 10.2. The molecule has 23 heavy (non-hydrogen) atoms. The number of anilines is 1. The maximum atomic E-state index is 12.3. The standard InChI is InChI=1S/C15H11Cl2N5O/c1-9-6-13(20-15(23)10-2-4-18-5-3-10)22(21-9)14-12(17)7-11(16)8-19-14/h2-8H,1H3,(H,20,23). The van der Waals surface area contributed by atoms with Crippen molar-refractivity contribution in [1.82, 2.24) is 19.7 Å². The van der Waals surface area contributed by atoms with Crippen molar-refractivity contribution in [1.29, 1.82) is 0 Å². The SMILES string of the molecule is Cc1cc(NC(=O)c2ccncc2)n(-c2ncc(Cl)cc2Cl)n1. The number of hydrogen-bond donors (Lipinski definition) is 1. The second kappa shape index (κ2) is 6.36. The molecule has 0 fully saturated rings. The lowest BCUT2D eigenvalue weighted by Crippen LogP contribution is -2.15. The first-order valence-corrected chi connectivity index (χ1v) is 7.39. The topological polar surface area (TPSA) is 72.7 Å². The molecule has 0 unspecified atom stereocenters. The van der Waals surface area contributed by atoms with Gasteiger partial charge in [-0.15, -0.1) is 0 Å². The number of carbonyl (C=O) groups excluding carboxylic acids is 1. The number of amides is 1. The predicted molar refractivity (Wildman–Crippen MR) is 88.3 cm³/mol. The maximum absolute atomic E-state index is 12.3. The van der Waals surface area contributed by atoms with Crippen LogP contribution in [0.25, 0.3) is 5.82 Å². The molecule has 0 aliphatic carbocycles. The number of carbonyl (C=O) groups is 1. The molecule has 1 amide bonds. The van der Waals surface area contributed by atoms with Crippen LogP contribution in [0.4, 0.5) is 5.82 Å². The van der Waals surface area contributed by atoms with E-state index in [1.807, 2.05) is 6.92 Å². The molecule has 3 aromatic rings. The Hall–Kier alpha value is -2.44. The van der Waals surface area contributed by atoms with Gasteiger partial charge in [0, 0.05) is 30.2 Å². The highest BCUT2D eigenvalue weighted by atomic mass is 35.5. The maximum Gasteiger partial charge on any atom is 0.256 e. The first kappa shape index (κ1) is 15.5. The summed E-state index contributed by atoms with van der Waals surface area (Å²) in [4.78, 5) is 20.4. The zero-order valence-corrected chi connectivity index (χ0v) is 13.5. The average Bonchev–Trinajstić information content (AvgIpc) is 2.88. The van der Waals surface area contributed by atoms with Crippen LogP contribution in [0.2, 0.25) is 10.0 Å². The van der Waals surface area contributed by atoms with E-state index in [1.54, 1.807) is 36.7 Å². The van der Waals surface area contributed by atoms with Crippen LogP contribution in [0.15, 0.2) is 42.9 Å². The zero-order valence-electron chi connectivity index (χ0n) is 12.0. The van der Waals surface area contributed by atoms with Gasteiger partial charge in [-0.25, -0.2) is 4.98 Å². The minimum Gasteiger partial charge on any atom is -0.306 e. The number of nitrogens with zero attached hydrogens (tertiary/aromatic N) is 4. The quantitative estimate of drug-likeness (QED) is 0.786. The summed E-state index contributed by atoms with van der Waals surface area (Å²) >= 11 is 12.0. The molecule has 3 aromatic heterocycles. The Labute approximate surface area is 142 Å². The third-order valence-electron chi connectivity index (χ3n) is 3.00. The van der Waals surface area contributed by atoms with Crippen molar-refractivity contribution in [2.75, 3.05) is 5.32 Å². The second-order valence-electron chi connectivity index (χ2n) is 4.73. The highest BCUT2D eigenvalue weighted by Crippen LogP contribution is 2.25. The summed E-state index contributed by atoms with van der Waals surface area (Å²) in [6, 6.07) is 6.54. The summed E-state index contributed by atoms with van der Waals surface area (Å²) in [7, 11) is 0. The normalized spacial score (nSPS) is 10.6. The summed E-state index contributed by atoms with van der Waals surface area (Å²) in [5.41, 5.74) is 1.20. The number of rotatable bonds is 3. The number of pyridine rings is 2. The molecular weight excluding hydrogens is 337 g/mol. The largest absolute Gasteiger partial charge is 0.306 e. The van der Waals surface area contributed by atoms with Gasteiger partial charge in [-0.2, -0.15) is 9.78 Å². The van der Waals surface area contributed by atoms with Crippen LogP contribution < -0.4 is 5.32 Å². The average molecular weight is 348 g/mol. The van der Waals surface area contributed by atoms with Crippen LogP contribution in [0.5, 0.6) is 0 Å². The van der Waals surface area contributed by atoms with Crippen LogP contribution in [0.1, 0.15) is 16.1 Å². The van der Waals surface area contributed by atoms with Crippen molar-refractivity contribution in [2.45, 2.75) is 6.92 Å². The van der Waals surface area contributed by atoms with Gasteiger partial charge in [0.15, 0.2) is 5.82 Å². The molecule has 0 aromatic carbocycles. The van der Waals surface area contributed by atoms with Gasteiger partial charge < -0.3 is 5.32 Å². The molecule has 0 saturated heterocycles. The van der Waals surface area contributed by atoms with Gasteiger partial charge in [0.25, 0.3) is 5.91 Å². The Morgan fingerprint density at radius 1 is 1.22 bits per heavy atom. The number of aryl methyl sites for hydroxylation is 1. The summed E-state index contributed by atoms with van der Waals surface area (Å²) in [5, 5.41) is 7.86. The number of halogens is 2. The van der Waals surface area contributed by atoms with Gasteiger partial charge >= 0.3 is 0 Å². The lowest BCUT2D eigenvalue weighted by Gasteiger charge is -2.09. The third-order valence-corrected chi connectivity index (χ3v) is 3.49. The van der Waals surface area contributed by atoms with E-state index < -0.39 is 0 Å². The van der Waals surface area contributed by atoms with Crippen LogP contribution in [-0.4, -0.2) is 25.7 Å². The van der Waals surface area contributed by atoms with Crippen LogP contribution in [0.3, 0.4) is 0 Å². The number of aromatic nitrogens is 4. The summed E-state index contributed by atoms with van der Waals surface area (Å²) in [5.74, 6) is 0.564. The lowest BCUT2D eigenvalue weighted by molar-refractivity contribution is 0.102. The first-order chi connectivity index (χ1) is 11.0. The van der Waals surface area contributed by atoms with Crippen molar-refractivity contribution in [3.63, 3.8) is 0 Å². The van der Waals surface area contributed by atoms with E-state index in [4.69, 9.17) is 23.2 Å². The fraction of sp³-hybridized carbons (Fsp3) is 0.0667. The van der Waals surface area contributed by atoms with E-state index >= 15 is 0 Å². The molecule has 0 bridgehead atoms. The van der Waals surface area contributed by atoms with Crippen molar-refractivity contribution >= 4 is 34.9 Å². The van der Waals surface area contributed by atoms with Gasteiger partial charge in [-0.1, -0.05) is 23.2 Å². The number of hydrogen-bond acceptors (Lipinski definition) is 4. The first-order valence-electron chi connectivity index (χ1n) is 6.64. The van der Waals surface area contributed by atoms with E-state index in [2.05, 4.69) is 20.4 Å². The highest BCUT2D eigenvalue weighted by molar-refractivity contribution is 6.35. The molecule has 0 aliphatic rings. The fourth-order valence-electron chi connectivity index (χ4n) is 2.00. The van der Waals surface area contributed by atoms with Crippen molar-refractivity contribution < 1.29 is 4.79 Å². The van der Waals surface area contributed by atoms with E-state index in [9.17, 15) is 4.79 Å². The summed E-state index contributed by atoms with van der Waals surface area (Å²) in [6.45, 7) is 1.81. The van der Waals surface area contributed by atoms with Gasteiger partial charge in [-0.05, 0) is 25.1 Å². The summed E-state index contributed by atoms with van der Waals surface area (Å²) < 4.78 is 1.47. The Morgan fingerprint density at radius 3 is 2.65 bits per heavy atom. The van der Waals surface area contributed by atoms with Gasteiger partial charge in [0.05, 0.1) is 15.7 Å². The second-order valence-corrected chi connectivity index (χ2v) is 5.58. The molecule has 0 spiro atoms. The van der Waals surface area contributed by atoms with E-state index in [1.165, 1.54) is 10.9 Å². The van der Waals surface area contributed by atoms with E-state index in [-0.39, 0.29) is 5.91 Å². The Morgan fingerprint density at radius 2 is 1.96 bits per heavy atom. The van der Waals surface area contributed by atoms with Gasteiger partial charge in [-0.3, -0.25) is 9.78 Å². The predicted octanol–water partition coefficient (Wildman–Crippen LogP) is 3.53. The fourth-order valence-corrected chi connectivity index (χ4v) is 2.47. The van der Waals surface area contributed by atoms with E-state index in [0.29, 0.717) is 32.9 Å². The highest BCUT2D eigenvalue weighted by Gasteiger charge is 2.15. The van der Waals surface area contributed by atoms with Crippen molar-refractivity contribution in [2.24, 2.45) is 0 Å². The molecule has 8 heteroatoms. The monoisotopic (exact) mass is 347 g/mol. The van der Waals surface area contributed by atoms with Crippen LogP contribution in [0, 0.1) is 6.92 Å². The molecule has 0 saturated carbocycles. The van der Waals surface area contributed by atoms with Crippen molar-refractivity contribution in [3.8, 4) is 5.82 Å². The Bertz CT molecular complexity index is 864. The zero-order chi connectivity index (χ0) is 16.4. The van der Waals surface area contributed by atoms with Gasteiger partial charge in [0.1, 0.15) is 5.82 Å². The molecule has 1 N–H and O–H groups in total. The molecule has 116 valence electrons. The molecular formula is C15H11Cl2N5O. The molecule has 3 heterocycles. The molecule has 3 rings (SSSR count). The Kier molecular flexibility index (Phi) is 4.27. The minimum atomic E-state index is -0.279. The Balaban J connectivity index is 1.97. The number of nitrogens with one attached hydrogen (secondary N) is 1. The molecule has 0 radical (unpaired) electrons. The van der Waals surface area contributed by atoms with Crippen LogP contribution in [-0.2, 0) is 0 Å². The minimum absolute atomic E-state index is 0.279. The summed E-state index contributed by atoms with van der Waals surface area (Å²) in [6.07, 6.45) is 4.57. The molecule has 0 atom stereocenters. The van der Waals surface area contributed by atoms with Crippen molar-refractivity contribution in [3.05, 3.63) is 64.2 Å². The third kappa shape index (κ3) is 3.33. The van der Waals surface area contributed by atoms with Gasteiger partial charge in [0.2, 0.25) is 0 Å².